The Morgan fingerprint density at radius 3 is 2.58 bits per heavy atom. The van der Waals surface area contributed by atoms with Crippen LogP contribution in [0.2, 0.25) is 0 Å². The molecule has 2 aromatic rings. The van der Waals surface area contributed by atoms with E-state index in [4.69, 9.17) is 0 Å². The molecule has 4 rings (SSSR count). The summed E-state index contributed by atoms with van der Waals surface area (Å²) in [6.07, 6.45) is 5.07. The molecule has 0 radical (unpaired) electrons. The number of aromatic nitrogens is 1. The van der Waals surface area contributed by atoms with Crippen LogP contribution in [-0.4, -0.2) is 96.4 Å². The van der Waals surface area contributed by atoms with Crippen LogP contribution >= 0.6 is 11.8 Å². The molecule has 1 saturated heterocycles. The summed E-state index contributed by atoms with van der Waals surface area (Å²) in [6.45, 7) is 10.9. The highest BCUT2D eigenvalue weighted by Crippen LogP contribution is 2.29. The van der Waals surface area contributed by atoms with Crippen molar-refractivity contribution in [2.45, 2.75) is 25.3 Å². The molecule has 8 nitrogen and oxygen atoms in total. The van der Waals surface area contributed by atoms with E-state index in [0.29, 0.717) is 25.5 Å². The minimum atomic E-state index is -0.109. The number of fused-ring (bicyclic) bond motifs is 1. The van der Waals surface area contributed by atoms with Crippen LogP contribution in [0.1, 0.15) is 25.0 Å². The number of pyridine rings is 1. The number of carbonyl (C=O) groups is 2. The van der Waals surface area contributed by atoms with Gasteiger partial charge in [0.15, 0.2) is 0 Å². The second-order valence-corrected chi connectivity index (χ2v) is 11.3. The van der Waals surface area contributed by atoms with Gasteiger partial charge in [0.05, 0.1) is 13.1 Å². The number of thioether (sulfide) groups is 1. The van der Waals surface area contributed by atoms with Gasteiger partial charge in [-0.15, -0.1) is 0 Å². The molecule has 0 atom stereocenters. The molecule has 0 unspecified atom stereocenters. The first-order valence-electron chi connectivity index (χ1n) is 13.1. The van der Waals surface area contributed by atoms with Crippen molar-refractivity contribution in [1.29, 1.82) is 0 Å². The summed E-state index contributed by atoms with van der Waals surface area (Å²) in [5, 5.41) is 2.91. The van der Waals surface area contributed by atoms with Crippen molar-refractivity contribution in [3.05, 3.63) is 70.3 Å². The zero-order valence-electron chi connectivity index (χ0n) is 22.8. The van der Waals surface area contributed by atoms with Gasteiger partial charge in [-0.2, -0.15) is 0 Å². The highest BCUT2D eigenvalue weighted by atomic mass is 32.2. The average Bonchev–Trinajstić information content (AvgIpc) is 2.91. The van der Waals surface area contributed by atoms with E-state index in [2.05, 4.69) is 53.1 Å². The van der Waals surface area contributed by atoms with Crippen LogP contribution in [0.4, 0.5) is 10.6 Å². The first kappa shape index (κ1) is 27.9. The minimum absolute atomic E-state index is 0.0720. The van der Waals surface area contributed by atoms with Crippen molar-refractivity contribution < 1.29 is 9.59 Å². The van der Waals surface area contributed by atoms with Crippen molar-refractivity contribution in [3.8, 4) is 0 Å². The maximum atomic E-state index is 12.9. The molecule has 3 heterocycles. The lowest BCUT2D eigenvalue weighted by atomic mass is 10.1. The van der Waals surface area contributed by atoms with Gasteiger partial charge in [0, 0.05) is 74.0 Å². The fourth-order valence-electron chi connectivity index (χ4n) is 4.34. The average molecular weight is 535 g/mol. The topological polar surface area (TPSA) is 72.0 Å². The second-order valence-electron chi connectivity index (χ2n) is 10.1. The number of benzene rings is 1. The molecule has 2 aliphatic heterocycles. The first-order valence-corrected chi connectivity index (χ1v) is 13.9. The lowest BCUT2D eigenvalue weighted by molar-refractivity contribution is -0.124. The van der Waals surface area contributed by atoms with Crippen molar-refractivity contribution in [2.75, 3.05) is 65.2 Å². The summed E-state index contributed by atoms with van der Waals surface area (Å²) in [5.74, 6) is 0.523. The maximum Gasteiger partial charge on any atom is 0.323 e. The predicted molar refractivity (Wildman–Crippen MR) is 155 cm³/mol. The summed E-state index contributed by atoms with van der Waals surface area (Å²) in [5.41, 5.74) is 2.99. The number of rotatable bonds is 9. The molecular weight excluding hydrogens is 496 g/mol. The van der Waals surface area contributed by atoms with E-state index in [1.165, 1.54) is 5.57 Å². The number of likely N-dealkylation sites (N-methyl/N-ethyl adjacent to an activating group) is 2. The lowest BCUT2D eigenvalue weighted by Crippen LogP contribution is -2.48. The predicted octanol–water partition coefficient (Wildman–Crippen LogP) is 4.23. The smallest absolute Gasteiger partial charge is 0.323 e. The van der Waals surface area contributed by atoms with Crippen LogP contribution in [0, 0.1) is 0 Å². The van der Waals surface area contributed by atoms with Gasteiger partial charge in [-0.3, -0.25) is 15.0 Å². The fourth-order valence-corrected chi connectivity index (χ4v) is 5.38. The molecule has 1 N–H and O–H groups in total. The first-order chi connectivity index (χ1) is 18.3. The molecule has 9 heteroatoms. The Balaban J connectivity index is 1.34. The van der Waals surface area contributed by atoms with Crippen molar-refractivity contribution in [3.63, 3.8) is 0 Å². The number of allylic oxidation sites excluding steroid dienone is 1. The Labute approximate surface area is 230 Å². The van der Waals surface area contributed by atoms with Gasteiger partial charge in [-0.25, -0.2) is 9.78 Å². The Kier molecular flexibility index (Phi) is 9.60. The summed E-state index contributed by atoms with van der Waals surface area (Å²) in [4.78, 5) is 40.5. The van der Waals surface area contributed by atoms with Gasteiger partial charge in [0.2, 0.25) is 5.91 Å². The standard InChI is InChI=1S/C29H38N6O2S/c1-22(2)26(38-25-8-6-5-7-9-25)21-33(4)27(36)11-10-23-18-24-20-35(29(37)31-28(24)30-19-23)17-16-34-14-12-32(3)13-15-34/h5-11,18-19H,12-17,20-21H2,1-4H3,(H,30,31,37)/b11-10+. The van der Waals surface area contributed by atoms with Crippen LogP contribution in [0.25, 0.3) is 6.08 Å². The molecule has 0 aliphatic carbocycles. The van der Waals surface area contributed by atoms with Crippen molar-refractivity contribution in [2.24, 2.45) is 0 Å². The summed E-state index contributed by atoms with van der Waals surface area (Å²) in [7, 11) is 3.96. The zero-order valence-corrected chi connectivity index (χ0v) is 23.6. The Morgan fingerprint density at radius 1 is 1.13 bits per heavy atom. The second kappa shape index (κ2) is 13.1. The Hall–Kier alpha value is -3.14. The van der Waals surface area contributed by atoms with E-state index in [9.17, 15) is 9.59 Å². The number of hydrogen-bond acceptors (Lipinski definition) is 6. The van der Waals surface area contributed by atoms with Gasteiger partial charge in [-0.05, 0) is 50.7 Å². The van der Waals surface area contributed by atoms with Crippen molar-refractivity contribution >= 4 is 35.6 Å². The molecular formula is C29H38N6O2S. The molecule has 1 aromatic heterocycles. The van der Waals surface area contributed by atoms with Crippen LogP contribution in [0.15, 0.2) is 64.0 Å². The minimum Gasteiger partial charge on any atom is -0.337 e. The molecule has 202 valence electrons. The Morgan fingerprint density at radius 2 is 1.87 bits per heavy atom. The van der Waals surface area contributed by atoms with E-state index < -0.39 is 0 Å². The molecule has 38 heavy (non-hydrogen) atoms. The zero-order chi connectivity index (χ0) is 27.1. The SMILES string of the molecule is CC(C)=C(CN(C)C(=O)/C=C/c1cnc2c(c1)CN(CCN1CCN(C)CC1)C(=O)N2)Sc1ccccc1. The van der Waals surface area contributed by atoms with E-state index in [1.807, 2.05) is 36.2 Å². The van der Waals surface area contributed by atoms with Crippen LogP contribution in [-0.2, 0) is 11.3 Å². The Bertz CT molecular complexity index is 1190. The van der Waals surface area contributed by atoms with E-state index in [-0.39, 0.29) is 11.9 Å². The molecule has 2 aliphatic rings. The summed E-state index contributed by atoms with van der Waals surface area (Å²) < 4.78 is 0. The molecule has 0 spiro atoms. The summed E-state index contributed by atoms with van der Waals surface area (Å²) in [6, 6.07) is 12.1. The third-order valence-electron chi connectivity index (χ3n) is 6.86. The fraction of sp³-hybridized carbons (Fsp3) is 0.414. The number of amides is 3. The van der Waals surface area contributed by atoms with Crippen molar-refractivity contribution in [1.82, 2.24) is 24.6 Å². The molecule has 1 fully saturated rings. The number of nitrogens with zero attached hydrogens (tertiary/aromatic N) is 5. The lowest BCUT2D eigenvalue weighted by Gasteiger charge is -2.35. The van der Waals surface area contributed by atoms with E-state index in [0.717, 1.165) is 53.7 Å². The third-order valence-corrected chi connectivity index (χ3v) is 8.15. The number of nitrogens with one attached hydrogen (secondary N) is 1. The number of urea groups is 1. The van der Waals surface area contributed by atoms with Gasteiger partial charge < -0.3 is 14.7 Å². The number of piperazine rings is 1. The van der Waals surface area contributed by atoms with Crippen LogP contribution in [0.3, 0.4) is 0 Å². The highest BCUT2D eigenvalue weighted by Gasteiger charge is 2.24. The quantitative estimate of drug-likeness (QED) is 0.383. The van der Waals surface area contributed by atoms with Gasteiger partial charge in [-0.1, -0.05) is 35.5 Å². The largest absolute Gasteiger partial charge is 0.337 e. The maximum absolute atomic E-state index is 12.9. The number of carbonyl (C=O) groups excluding carboxylic acids is 2. The molecule has 3 amide bonds. The van der Waals surface area contributed by atoms with E-state index in [1.54, 1.807) is 35.0 Å². The normalized spacial score (nSPS) is 16.3. The number of anilines is 1. The number of hydrogen-bond donors (Lipinski definition) is 1. The van der Waals surface area contributed by atoms with Gasteiger partial charge in [0.1, 0.15) is 5.82 Å². The van der Waals surface area contributed by atoms with Crippen LogP contribution < -0.4 is 5.32 Å². The molecule has 1 aromatic carbocycles. The van der Waals surface area contributed by atoms with Gasteiger partial charge >= 0.3 is 6.03 Å². The van der Waals surface area contributed by atoms with Crippen LogP contribution in [0.5, 0.6) is 0 Å². The molecule has 0 saturated carbocycles. The summed E-state index contributed by atoms with van der Waals surface area (Å²) >= 11 is 1.69. The van der Waals surface area contributed by atoms with Gasteiger partial charge in [0.25, 0.3) is 0 Å². The third kappa shape index (κ3) is 7.69. The highest BCUT2D eigenvalue weighted by molar-refractivity contribution is 8.03. The molecule has 0 bridgehead atoms. The van der Waals surface area contributed by atoms with E-state index >= 15 is 0 Å². The monoisotopic (exact) mass is 534 g/mol.